The summed E-state index contributed by atoms with van der Waals surface area (Å²) < 4.78 is 16.2. The summed E-state index contributed by atoms with van der Waals surface area (Å²) in [5.41, 5.74) is 7.75. The van der Waals surface area contributed by atoms with Gasteiger partial charge in [0.15, 0.2) is 0 Å². The maximum Gasteiger partial charge on any atom is 0.336 e. The van der Waals surface area contributed by atoms with Gasteiger partial charge in [-0.2, -0.15) is 0 Å². The van der Waals surface area contributed by atoms with Crippen LogP contribution < -0.4 is 11.1 Å². The highest BCUT2D eigenvalue weighted by Crippen LogP contribution is 2.42. The topological polar surface area (TPSA) is 137 Å². The lowest BCUT2D eigenvalue weighted by molar-refractivity contribution is -0.139. The molecule has 1 unspecified atom stereocenters. The molecule has 1 atom stereocenters. The molecule has 0 bridgehead atoms. The highest BCUT2D eigenvalue weighted by Gasteiger charge is 2.40. The lowest BCUT2D eigenvalue weighted by Gasteiger charge is -2.32. The Kier molecular flexibility index (Phi) is 8.80. The number of amides is 2. The number of ether oxygens (including phenoxy) is 3. The van der Waals surface area contributed by atoms with Gasteiger partial charge >= 0.3 is 11.9 Å². The van der Waals surface area contributed by atoms with Crippen molar-refractivity contribution in [1.29, 1.82) is 0 Å². The third kappa shape index (κ3) is 5.58. The number of nitrogens with one attached hydrogen (secondary N) is 1. The second kappa shape index (κ2) is 12.2. The van der Waals surface area contributed by atoms with Crippen molar-refractivity contribution in [2.24, 2.45) is 5.73 Å². The van der Waals surface area contributed by atoms with E-state index in [9.17, 15) is 19.2 Å². The van der Waals surface area contributed by atoms with Crippen molar-refractivity contribution in [2.45, 2.75) is 12.8 Å². The predicted octanol–water partition coefficient (Wildman–Crippen LogP) is 2.54. The first-order valence-corrected chi connectivity index (χ1v) is 12.6. The second-order valence-electron chi connectivity index (χ2n) is 8.79. The Morgan fingerprint density at radius 1 is 0.974 bits per heavy atom. The van der Waals surface area contributed by atoms with Gasteiger partial charge in [-0.1, -0.05) is 41.9 Å². The van der Waals surface area contributed by atoms with Crippen LogP contribution in [0, 0.1) is 0 Å². The zero-order chi connectivity index (χ0) is 28.1. The maximum absolute atomic E-state index is 13.6. The summed E-state index contributed by atoms with van der Waals surface area (Å²) >= 11 is 6.53. The molecule has 11 heteroatoms. The summed E-state index contributed by atoms with van der Waals surface area (Å²) in [5.74, 6) is -3.27. The van der Waals surface area contributed by atoms with E-state index in [0.29, 0.717) is 33.1 Å². The fourth-order valence-electron chi connectivity index (χ4n) is 4.66. The SMILES string of the molecule is COC(=O)C1=C(C)NC(COCCN)=C(C(=O)OCCN2C(=O)c3ccccc3C2=O)C1c1ccccc1Cl. The molecule has 0 radical (unpaired) electrons. The Balaban J connectivity index is 1.64. The number of hydrogen-bond donors (Lipinski definition) is 2. The molecule has 10 nitrogen and oxygen atoms in total. The minimum Gasteiger partial charge on any atom is -0.466 e. The number of methoxy groups -OCH3 is 1. The number of fused-ring (bicyclic) bond motifs is 1. The minimum atomic E-state index is -0.935. The number of dihydropyridines is 1. The van der Waals surface area contributed by atoms with E-state index in [1.807, 2.05) is 0 Å². The van der Waals surface area contributed by atoms with Crippen molar-refractivity contribution in [1.82, 2.24) is 10.2 Å². The number of hydrogen-bond acceptors (Lipinski definition) is 9. The summed E-state index contributed by atoms with van der Waals surface area (Å²) in [6.45, 7) is 1.75. The molecule has 0 saturated carbocycles. The Bertz CT molecular complexity index is 1350. The van der Waals surface area contributed by atoms with E-state index in [1.165, 1.54) is 7.11 Å². The molecule has 0 fully saturated rings. The van der Waals surface area contributed by atoms with Gasteiger partial charge in [0.1, 0.15) is 6.61 Å². The molecule has 2 aromatic carbocycles. The fraction of sp³-hybridized carbons (Fsp3) is 0.286. The number of carbonyl (C=O) groups is 4. The summed E-state index contributed by atoms with van der Waals surface area (Å²) in [7, 11) is 1.25. The van der Waals surface area contributed by atoms with Gasteiger partial charge in [0.05, 0.1) is 60.8 Å². The summed E-state index contributed by atoms with van der Waals surface area (Å²) in [6, 6.07) is 13.3. The Hall–Kier alpha value is -3.99. The second-order valence-corrected chi connectivity index (χ2v) is 9.19. The number of esters is 2. The third-order valence-corrected chi connectivity index (χ3v) is 6.77. The molecule has 2 aliphatic heterocycles. The number of halogens is 1. The average molecular weight is 554 g/mol. The zero-order valence-corrected chi connectivity index (χ0v) is 22.2. The highest BCUT2D eigenvalue weighted by molar-refractivity contribution is 6.31. The van der Waals surface area contributed by atoms with E-state index in [2.05, 4.69) is 5.32 Å². The molecule has 2 aromatic rings. The van der Waals surface area contributed by atoms with Crippen molar-refractivity contribution in [3.8, 4) is 0 Å². The van der Waals surface area contributed by atoms with Crippen LogP contribution >= 0.6 is 11.6 Å². The molecular weight excluding hydrogens is 526 g/mol. The Labute approximate surface area is 230 Å². The normalized spacial score (nSPS) is 16.8. The van der Waals surface area contributed by atoms with E-state index >= 15 is 0 Å². The van der Waals surface area contributed by atoms with Crippen molar-refractivity contribution < 1.29 is 33.4 Å². The van der Waals surface area contributed by atoms with Crippen LogP contribution in [0.5, 0.6) is 0 Å². The van der Waals surface area contributed by atoms with Gasteiger partial charge in [-0.15, -0.1) is 0 Å². The van der Waals surface area contributed by atoms with Gasteiger partial charge in [0, 0.05) is 17.3 Å². The number of benzene rings is 2. The van der Waals surface area contributed by atoms with E-state index in [4.69, 9.17) is 31.5 Å². The number of carbonyl (C=O) groups excluding carboxylic acids is 4. The van der Waals surface area contributed by atoms with Gasteiger partial charge in [0.25, 0.3) is 11.8 Å². The van der Waals surface area contributed by atoms with Gasteiger partial charge in [-0.25, -0.2) is 9.59 Å². The first-order valence-electron chi connectivity index (χ1n) is 12.2. The van der Waals surface area contributed by atoms with Crippen LogP contribution in [0.1, 0.15) is 39.1 Å². The highest BCUT2D eigenvalue weighted by atomic mass is 35.5. The quantitative estimate of drug-likeness (QED) is 0.258. The monoisotopic (exact) mass is 553 g/mol. The van der Waals surface area contributed by atoms with E-state index in [-0.39, 0.29) is 44.1 Å². The van der Waals surface area contributed by atoms with Crippen molar-refractivity contribution in [3.05, 3.63) is 92.8 Å². The van der Waals surface area contributed by atoms with Crippen LogP contribution in [0.3, 0.4) is 0 Å². The molecule has 4 rings (SSSR count). The van der Waals surface area contributed by atoms with Crippen LogP contribution in [0.25, 0.3) is 0 Å². The van der Waals surface area contributed by atoms with E-state index < -0.39 is 29.7 Å². The smallest absolute Gasteiger partial charge is 0.336 e. The van der Waals surface area contributed by atoms with Crippen LogP contribution in [0.4, 0.5) is 0 Å². The number of nitrogens with zero attached hydrogens (tertiary/aromatic N) is 1. The van der Waals surface area contributed by atoms with Crippen LogP contribution in [0.15, 0.2) is 71.1 Å². The Morgan fingerprint density at radius 2 is 1.62 bits per heavy atom. The minimum absolute atomic E-state index is 0.0210. The molecule has 0 spiro atoms. The largest absolute Gasteiger partial charge is 0.466 e. The molecular formula is C28H28ClN3O7. The van der Waals surface area contributed by atoms with Gasteiger partial charge in [-0.3, -0.25) is 14.5 Å². The molecule has 0 saturated heterocycles. The van der Waals surface area contributed by atoms with Crippen molar-refractivity contribution >= 4 is 35.4 Å². The number of nitrogens with two attached hydrogens (primary N) is 1. The van der Waals surface area contributed by atoms with Crippen LogP contribution in [-0.2, 0) is 23.8 Å². The summed E-state index contributed by atoms with van der Waals surface area (Å²) in [5, 5.41) is 3.41. The van der Waals surface area contributed by atoms with E-state index in [0.717, 1.165) is 4.90 Å². The standard InChI is InChI=1S/C28H28ClN3O7/c1-16-22(27(35)37-2)23(19-9-5-6-10-20(19)29)24(21(31-16)15-38-13-11-30)28(36)39-14-12-32-25(33)17-7-3-4-8-18(17)26(32)34/h3-10,23,31H,11-15,30H2,1-2H3. The number of imide groups is 1. The zero-order valence-electron chi connectivity index (χ0n) is 21.5. The first-order chi connectivity index (χ1) is 18.8. The fourth-order valence-corrected chi connectivity index (χ4v) is 4.90. The molecule has 2 heterocycles. The predicted molar refractivity (Wildman–Crippen MR) is 142 cm³/mol. The number of allylic oxidation sites excluding steroid dienone is 1. The molecule has 39 heavy (non-hydrogen) atoms. The van der Waals surface area contributed by atoms with E-state index in [1.54, 1.807) is 55.5 Å². The summed E-state index contributed by atoms with van der Waals surface area (Å²) in [4.78, 5) is 53.0. The number of rotatable bonds is 10. The van der Waals surface area contributed by atoms with Crippen molar-refractivity contribution in [3.63, 3.8) is 0 Å². The van der Waals surface area contributed by atoms with Crippen molar-refractivity contribution in [2.75, 3.05) is 40.0 Å². The first kappa shape index (κ1) is 28.0. The van der Waals surface area contributed by atoms with Gasteiger partial charge in [0.2, 0.25) is 0 Å². The third-order valence-electron chi connectivity index (χ3n) is 6.42. The molecule has 204 valence electrons. The lowest BCUT2D eigenvalue weighted by Crippen LogP contribution is -2.36. The molecule has 3 N–H and O–H groups in total. The van der Waals surface area contributed by atoms with Crippen LogP contribution in [0.2, 0.25) is 5.02 Å². The molecule has 2 aliphatic rings. The molecule has 2 amide bonds. The van der Waals surface area contributed by atoms with Gasteiger partial charge < -0.3 is 25.3 Å². The van der Waals surface area contributed by atoms with Crippen LogP contribution in [-0.4, -0.2) is 68.7 Å². The average Bonchev–Trinajstić information content (AvgIpc) is 3.17. The summed E-state index contributed by atoms with van der Waals surface area (Å²) in [6.07, 6.45) is 0. The van der Waals surface area contributed by atoms with Gasteiger partial charge in [-0.05, 0) is 30.7 Å². The maximum atomic E-state index is 13.6. The Morgan fingerprint density at radius 3 is 2.23 bits per heavy atom. The lowest BCUT2D eigenvalue weighted by atomic mass is 9.80. The molecule has 0 aromatic heterocycles. The molecule has 0 aliphatic carbocycles.